The maximum Gasteiger partial charge on any atom is 0.258 e. The first-order valence-corrected chi connectivity index (χ1v) is 4.00. The molecule has 1 N–H and O–H groups in total. The minimum atomic E-state index is -0.424. The third kappa shape index (κ3) is 1.12. The Kier molecular flexibility index (Phi) is 1.65. The highest BCUT2D eigenvalue weighted by Crippen LogP contribution is 2.22. The van der Waals surface area contributed by atoms with Crippen LogP contribution in [0.3, 0.4) is 0 Å². The molecule has 13 heavy (non-hydrogen) atoms. The van der Waals surface area contributed by atoms with Gasteiger partial charge in [-0.1, -0.05) is 0 Å². The molecular formula is C8H10N4O. The molecule has 0 bridgehead atoms. The molecular weight excluding hydrogens is 168 g/mol. The van der Waals surface area contributed by atoms with Gasteiger partial charge in [0.15, 0.2) is 6.04 Å². The number of amides is 1. The summed E-state index contributed by atoms with van der Waals surface area (Å²) in [4.78, 5) is 24.1. The van der Waals surface area contributed by atoms with E-state index in [1.165, 1.54) is 0 Å². The smallest absolute Gasteiger partial charge is 0.258 e. The fourth-order valence-electron chi connectivity index (χ4n) is 1.29. The molecule has 68 valence electrons. The lowest BCUT2D eigenvalue weighted by Gasteiger charge is -2.08. The van der Waals surface area contributed by atoms with Crippen molar-refractivity contribution in [3.8, 4) is 0 Å². The van der Waals surface area contributed by atoms with Crippen molar-refractivity contribution in [1.82, 2.24) is 14.9 Å². The van der Waals surface area contributed by atoms with E-state index in [-0.39, 0.29) is 5.91 Å². The van der Waals surface area contributed by atoms with Crippen LogP contribution < -0.4 is 0 Å². The van der Waals surface area contributed by atoms with Crippen molar-refractivity contribution in [1.29, 1.82) is 0 Å². The summed E-state index contributed by atoms with van der Waals surface area (Å²) in [6, 6.07) is -0.424. The van der Waals surface area contributed by atoms with E-state index in [1.807, 2.05) is 6.92 Å². The summed E-state index contributed by atoms with van der Waals surface area (Å²) in [6.45, 7) is 1.81. The van der Waals surface area contributed by atoms with Crippen LogP contribution in [0.1, 0.15) is 18.7 Å². The Morgan fingerprint density at radius 1 is 1.62 bits per heavy atom. The van der Waals surface area contributed by atoms with Crippen molar-refractivity contribution < 1.29 is 4.79 Å². The lowest BCUT2D eigenvalue weighted by molar-refractivity contribution is -0.126. The van der Waals surface area contributed by atoms with E-state index < -0.39 is 6.04 Å². The third-order valence-corrected chi connectivity index (χ3v) is 2.18. The first-order chi connectivity index (χ1) is 6.20. The lowest BCUT2D eigenvalue weighted by Crippen LogP contribution is -2.27. The molecule has 5 heteroatoms. The van der Waals surface area contributed by atoms with Crippen molar-refractivity contribution >= 4 is 11.7 Å². The normalized spacial score (nSPS) is 22.3. The summed E-state index contributed by atoms with van der Waals surface area (Å²) in [6.07, 6.45) is 3.17. The van der Waals surface area contributed by atoms with Crippen LogP contribution in [0.5, 0.6) is 0 Å². The fraction of sp³-hybridized carbons (Fsp3) is 0.375. The molecule has 1 aliphatic heterocycles. The van der Waals surface area contributed by atoms with Gasteiger partial charge in [0, 0.05) is 7.05 Å². The first-order valence-electron chi connectivity index (χ1n) is 4.00. The Hall–Kier alpha value is -1.65. The number of hydrogen-bond donors (Lipinski definition) is 1. The summed E-state index contributed by atoms with van der Waals surface area (Å²) in [5.41, 5.74) is 0.744. The van der Waals surface area contributed by atoms with Gasteiger partial charge in [-0.25, -0.2) is 4.98 Å². The largest absolute Gasteiger partial charge is 0.346 e. The fourth-order valence-corrected chi connectivity index (χ4v) is 1.29. The summed E-state index contributed by atoms with van der Waals surface area (Å²) in [5.74, 6) is 0.728. The number of aliphatic imine (C=N–C) groups is 1. The van der Waals surface area contributed by atoms with Crippen LogP contribution in [-0.2, 0) is 4.79 Å². The average Bonchev–Trinajstić information content (AvgIpc) is 2.70. The van der Waals surface area contributed by atoms with Gasteiger partial charge in [-0.15, -0.1) is 0 Å². The SMILES string of the molecule is CC1=NC(c2cnc[nH]2)C(=O)N1C. The second kappa shape index (κ2) is 2.69. The number of nitrogens with one attached hydrogen (secondary N) is 1. The number of carbonyl (C=O) groups excluding carboxylic acids is 1. The topological polar surface area (TPSA) is 61.4 Å². The Balaban J connectivity index is 2.33. The number of amidine groups is 1. The number of likely N-dealkylation sites (N-methyl/N-ethyl adjacent to an activating group) is 1. The number of hydrogen-bond acceptors (Lipinski definition) is 3. The van der Waals surface area contributed by atoms with Gasteiger partial charge in [-0.2, -0.15) is 0 Å². The molecule has 1 aromatic heterocycles. The zero-order valence-electron chi connectivity index (χ0n) is 7.48. The molecule has 0 spiro atoms. The average molecular weight is 178 g/mol. The minimum Gasteiger partial charge on any atom is -0.346 e. The molecule has 1 atom stereocenters. The van der Waals surface area contributed by atoms with Crippen LogP contribution in [0.2, 0.25) is 0 Å². The van der Waals surface area contributed by atoms with Crippen molar-refractivity contribution in [3.05, 3.63) is 18.2 Å². The molecule has 1 aliphatic rings. The van der Waals surface area contributed by atoms with E-state index in [1.54, 1.807) is 24.5 Å². The Labute approximate surface area is 75.5 Å². The van der Waals surface area contributed by atoms with E-state index in [9.17, 15) is 4.79 Å². The van der Waals surface area contributed by atoms with E-state index in [4.69, 9.17) is 0 Å². The third-order valence-electron chi connectivity index (χ3n) is 2.18. The predicted molar refractivity (Wildman–Crippen MR) is 47.2 cm³/mol. The maximum absolute atomic E-state index is 11.6. The van der Waals surface area contributed by atoms with Gasteiger partial charge in [0.25, 0.3) is 5.91 Å². The molecule has 0 fully saturated rings. The molecule has 0 aliphatic carbocycles. The van der Waals surface area contributed by atoms with Crippen molar-refractivity contribution in [2.45, 2.75) is 13.0 Å². The van der Waals surface area contributed by atoms with Gasteiger partial charge < -0.3 is 9.88 Å². The highest BCUT2D eigenvalue weighted by molar-refractivity contribution is 6.04. The molecule has 0 aromatic carbocycles. The zero-order valence-corrected chi connectivity index (χ0v) is 7.48. The summed E-state index contributed by atoms with van der Waals surface area (Å²) in [7, 11) is 1.72. The van der Waals surface area contributed by atoms with Gasteiger partial charge in [0.2, 0.25) is 0 Å². The van der Waals surface area contributed by atoms with Crippen LogP contribution in [-0.4, -0.2) is 33.7 Å². The Morgan fingerprint density at radius 3 is 2.85 bits per heavy atom. The zero-order chi connectivity index (χ0) is 9.42. The number of nitrogens with zero attached hydrogens (tertiary/aromatic N) is 3. The van der Waals surface area contributed by atoms with Crippen LogP contribution in [0.15, 0.2) is 17.5 Å². The monoisotopic (exact) mass is 178 g/mol. The molecule has 0 radical (unpaired) electrons. The highest BCUT2D eigenvalue weighted by Gasteiger charge is 2.31. The molecule has 2 heterocycles. The minimum absolute atomic E-state index is 0.0123. The first kappa shape index (κ1) is 7.97. The molecule has 0 saturated heterocycles. The number of aromatic nitrogens is 2. The second-order valence-corrected chi connectivity index (χ2v) is 2.98. The predicted octanol–water partition coefficient (Wildman–Crippen LogP) is 0.341. The van der Waals surface area contributed by atoms with Gasteiger partial charge >= 0.3 is 0 Å². The van der Waals surface area contributed by atoms with E-state index in [0.29, 0.717) is 0 Å². The summed E-state index contributed by atoms with van der Waals surface area (Å²) < 4.78 is 0. The maximum atomic E-state index is 11.6. The second-order valence-electron chi connectivity index (χ2n) is 2.98. The summed E-state index contributed by atoms with van der Waals surface area (Å²) in [5, 5.41) is 0. The number of rotatable bonds is 1. The molecule has 1 unspecified atom stereocenters. The van der Waals surface area contributed by atoms with Gasteiger partial charge in [-0.05, 0) is 6.92 Å². The number of imidazole rings is 1. The van der Waals surface area contributed by atoms with E-state index in [2.05, 4.69) is 15.0 Å². The van der Waals surface area contributed by atoms with E-state index in [0.717, 1.165) is 11.5 Å². The van der Waals surface area contributed by atoms with Crippen LogP contribution in [0.25, 0.3) is 0 Å². The molecule has 0 saturated carbocycles. The number of H-pyrrole nitrogens is 1. The van der Waals surface area contributed by atoms with Crippen LogP contribution >= 0.6 is 0 Å². The quantitative estimate of drug-likeness (QED) is 0.674. The van der Waals surface area contributed by atoms with E-state index >= 15 is 0 Å². The molecule has 1 aromatic rings. The summed E-state index contributed by atoms with van der Waals surface area (Å²) >= 11 is 0. The Morgan fingerprint density at radius 2 is 2.38 bits per heavy atom. The van der Waals surface area contributed by atoms with Crippen LogP contribution in [0, 0.1) is 0 Å². The lowest BCUT2D eigenvalue weighted by atomic mass is 10.2. The molecule has 1 amide bonds. The standard InChI is InChI=1S/C8H10N4O/c1-5-11-7(8(13)12(5)2)6-3-9-4-10-6/h3-4,7H,1-2H3,(H,9,10). The van der Waals surface area contributed by atoms with Gasteiger partial charge in [-0.3, -0.25) is 9.79 Å². The van der Waals surface area contributed by atoms with Crippen LogP contribution in [0.4, 0.5) is 0 Å². The number of carbonyl (C=O) groups is 1. The number of aromatic amines is 1. The van der Waals surface area contributed by atoms with Gasteiger partial charge in [0.05, 0.1) is 18.2 Å². The molecule has 2 rings (SSSR count). The highest BCUT2D eigenvalue weighted by atomic mass is 16.2. The van der Waals surface area contributed by atoms with Gasteiger partial charge in [0.1, 0.15) is 5.84 Å². The molecule has 5 nitrogen and oxygen atoms in total. The van der Waals surface area contributed by atoms with Crippen molar-refractivity contribution in [2.75, 3.05) is 7.05 Å². The van der Waals surface area contributed by atoms with Crippen molar-refractivity contribution in [2.24, 2.45) is 4.99 Å². The Bertz CT molecular complexity index is 354. The van der Waals surface area contributed by atoms with Crippen molar-refractivity contribution in [3.63, 3.8) is 0 Å².